The molecule has 2 aromatic heterocycles. The number of rotatable bonds is 6. The molecule has 33 heavy (non-hydrogen) atoms. The van der Waals surface area contributed by atoms with Gasteiger partial charge in [0.15, 0.2) is 0 Å². The molecule has 9 nitrogen and oxygen atoms in total. The molecule has 0 radical (unpaired) electrons. The number of aryl methyl sites for hydroxylation is 1. The number of nitrogens with one attached hydrogen (secondary N) is 2. The Morgan fingerprint density at radius 3 is 2.33 bits per heavy atom. The average molecular weight is 502 g/mol. The number of halogens is 1. The molecule has 0 saturated carbocycles. The van der Waals surface area contributed by atoms with Crippen LogP contribution in [0.25, 0.3) is 0 Å². The van der Waals surface area contributed by atoms with Crippen LogP contribution in [0.15, 0.2) is 86.5 Å². The van der Waals surface area contributed by atoms with E-state index in [0.717, 1.165) is 16.4 Å². The zero-order valence-electron chi connectivity index (χ0n) is 17.0. The van der Waals surface area contributed by atoms with Crippen molar-refractivity contribution < 1.29 is 13.2 Å². The van der Waals surface area contributed by atoms with E-state index in [1.165, 1.54) is 36.7 Å². The fourth-order valence-corrected chi connectivity index (χ4v) is 4.82. The third-order valence-electron chi connectivity index (χ3n) is 4.46. The van der Waals surface area contributed by atoms with Gasteiger partial charge in [-0.3, -0.25) is 14.7 Å². The Morgan fingerprint density at radius 2 is 1.70 bits per heavy atom. The Balaban J connectivity index is 1.54. The second kappa shape index (κ2) is 9.22. The first kappa shape index (κ1) is 22.8. The van der Waals surface area contributed by atoms with Crippen LogP contribution in [0.5, 0.6) is 0 Å². The monoisotopic (exact) mass is 501 g/mol. The van der Waals surface area contributed by atoms with Crippen molar-refractivity contribution in [3.8, 4) is 0 Å². The molecule has 0 aliphatic heterocycles. The van der Waals surface area contributed by atoms with Gasteiger partial charge in [0.05, 0.1) is 4.90 Å². The zero-order valence-corrected chi connectivity index (χ0v) is 19.4. The third kappa shape index (κ3) is 5.00. The molecule has 12 heteroatoms. The second-order valence-corrected chi connectivity index (χ2v) is 9.97. The molecule has 168 valence electrons. The molecule has 4 aromatic rings. The predicted molar refractivity (Wildman–Crippen MR) is 124 cm³/mol. The summed E-state index contributed by atoms with van der Waals surface area (Å²) in [6.45, 7) is 1.68. The van der Waals surface area contributed by atoms with Crippen molar-refractivity contribution in [2.75, 3.05) is 4.72 Å². The topological polar surface area (TPSA) is 127 Å². The number of aromatic amines is 1. The predicted octanol–water partition coefficient (Wildman–Crippen LogP) is 3.57. The van der Waals surface area contributed by atoms with Gasteiger partial charge in [0.25, 0.3) is 21.5 Å². The van der Waals surface area contributed by atoms with Crippen LogP contribution in [-0.2, 0) is 10.0 Å². The first-order valence-electron chi connectivity index (χ1n) is 9.44. The number of carbonyl (C=O) groups is 1. The Morgan fingerprint density at radius 1 is 1.06 bits per heavy atom. The fourth-order valence-electron chi connectivity index (χ4n) is 2.85. The third-order valence-corrected chi connectivity index (χ3v) is 7.25. The first-order valence-corrected chi connectivity index (χ1v) is 12.1. The number of nitrogens with zero attached hydrogens (tertiary/aromatic N) is 3. The minimum absolute atomic E-state index is 0.0143. The van der Waals surface area contributed by atoms with Gasteiger partial charge in [-0.15, -0.1) is 0 Å². The van der Waals surface area contributed by atoms with Gasteiger partial charge in [-0.2, -0.15) is 4.68 Å². The molecule has 0 aliphatic carbocycles. The van der Waals surface area contributed by atoms with Gasteiger partial charge < -0.3 is 0 Å². The number of carbonyl (C=O) groups excluding carboxylic acids is 1. The highest BCUT2D eigenvalue weighted by Crippen LogP contribution is 2.28. The minimum atomic E-state index is -3.87. The molecule has 4 rings (SSSR count). The van der Waals surface area contributed by atoms with Gasteiger partial charge in [-0.1, -0.05) is 23.4 Å². The molecule has 0 saturated heterocycles. The van der Waals surface area contributed by atoms with E-state index in [0.29, 0.717) is 26.1 Å². The minimum Gasteiger partial charge on any atom is -0.291 e. The molecule has 2 N–H and O–H groups in total. The summed E-state index contributed by atoms with van der Waals surface area (Å²) >= 11 is 6.98. The number of aromatic nitrogens is 4. The highest BCUT2D eigenvalue weighted by atomic mass is 35.5. The van der Waals surface area contributed by atoms with Crippen molar-refractivity contribution in [1.29, 1.82) is 0 Å². The van der Waals surface area contributed by atoms with Crippen LogP contribution < -0.4 is 10.3 Å². The standard InChI is InChI=1S/C21H16ClN5O4S2/c1-13-18(20(29)27(25-13)19(28)14-3-5-15(22)6-4-14)32-16-7-9-17(10-8-16)33(30,31)26-21-23-11-2-12-24-21/h2-12,25H,1H3,(H,23,24,26). The SMILES string of the molecule is Cc1[nH]n(C(=O)c2ccc(Cl)cc2)c(=O)c1Sc1ccc(S(=O)(=O)Nc2ncccn2)cc1. The van der Waals surface area contributed by atoms with E-state index in [9.17, 15) is 18.0 Å². The molecule has 0 unspecified atom stereocenters. The van der Waals surface area contributed by atoms with E-state index >= 15 is 0 Å². The molecule has 0 atom stereocenters. The van der Waals surface area contributed by atoms with E-state index in [-0.39, 0.29) is 10.8 Å². The number of benzene rings is 2. The van der Waals surface area contributed by atoms with Crippen molar-refractivity contribution in [1.82, 2.24) is 19.7 Å². The lowest BCUT2D eigenvalue weighted by atomic mass is 10.2. The number of anilines is 1. The molecule has 0 spiro atoms. The fraction of sp³-hybridized carbons (Fsp3) is 0.0476. The van der Waals surface area contributed by atoms with E-state index in [2.05, 4.69) is 19.8 Å². The summed E-state index contributed by atoms with van der Waals surface area (Å²) < 4.78 is 28.3. The van der Waals surface area contributed by atoms with E-state index in [4.69, 9.17) is 11.6 Å². The maximum absolute atomic E-state index is 12.8. The number of H-pyrrole nitrogens is 1. The number of hydrogen-bond donors (Lipinski definition) is 2. The lowest BCUT2D eigenvalue weighted by Gasteiger charge is -2.07. The van der Waals surface area contributed by atoms with Crippen LogP contribution in [0.2, 0.25) is 5.02 Å². The van der Waals surface area contributed by atoms with Crippen molar-refractivity contribution in [3.63, 3.8) is 0 Å². The summed E-state index contributed by atoms with van der Waals surface area (Å²) in [6, 6.07) is 13.7. The van der Waals surface area contributed by atoms with E-state index in [1.54, 1.807) is 37.3 Å². The van der Waals surface area contributed by atoms with Crippen molar-refractivity contribution in [2.24, 2.45) is 0 Å². The Bertz CT molecular complexity index is 1470. The lowest BCUT2D eigenvalue weighted by molar-refractivity contribution is 0.0940. The Labute approximate surface area is 197 Å². The normalized spacial score (nSPS) is 11.3. The van der Waals surface area contributed by atoms with Crippen molar-refractivity contribution in [3.05, 3.63) is 93.6 Å². The molecule has 0 bridgehead atoms. The summed E-state index contributed by atoms with van der Waals surface area (Å²) in [5.74, 6) is -0.549. The van der Waals surface area contributed by atoms with E-state index < -0.39 is 21.5 Å². The van der Waals surface area contributed by atoms with Gasteiger partial charge in [0.1, 0.15) is 4.90 Å². The highest BCUT2D eigenvalue weighted by Gasteiger charge is 2.20. The number of sulfonamides is 1. The molecule has 0 fully saturated rings. The Kier molecular flexibility index (Phi) is 6.36. The quantitative estimate of drug-likeness (QED) is 0.413. The van der Waals surface area contributed by atoms with Gasteiger partial charge in [-0.25, -0.2) is 23.1 Å². The van der Waals surface area contributed by atoms with Crippen LogP contribution in [0.3, 0.4) is 0 Å². The van der Waals surface area contributed by atoms with Crippen molar-refractivity contribution >= 4 is 45.2 Å². The first-order chi connectivity index (χ1) is 15.7. The van der Waals surface area contributed by atoms with Gasteiger partial charge in [-0.05, 0) is 61.5 Å². The second-order valence-electron chi connectivity index (χ2n) is 6.77. The summed E-state index contributed by atoms with van der Waals surface area (Å²) in [5, 5.41) is 3.27. The van der Waals surface area contributed by atoms with Crippen molar-refractivity contribution in [2.45, 2.75) is 21.6 Å². The van der Waals surface area contributed by atoms with E-state index in [1.807, 2.05) is 0 Å². The molecule has 2 aromatic carbocycles. The van der Waals surface area contributed by atoms with Crippen LogP contribution in [0.4, 0.5) is 5.95 Å². The maximum atomic E-state index is 12.8. The maximum Gasteiger partial charge on any atom is 0.288 e. The summed E-state index contributed by atoms with van der Waals surface area (Å²) in [7, 11) is -3.87. The Hall–Kier alpha value is -3.41. The largest absolute Gasteiger partial charge is 0.291 e. The van der Waals surface area contributed by atoms with Crippen LogP contribution in [0.1, 0.15) is 16.1 Å². The van der Waals surface area contributed by atoms with Crippen LogP contribution >= 0.6 is 23.4 Å². The smallest absolute Gasteiger partial charge is 0.288 e. The molecule has 2 heterocycles. The molecular formula is C21H16ClN5O4S2. The molecule has 0 amide bonds. The summed E-state index contributed by atoms with van der Waals surface area (Å²) in [6.07, 6.45) is 2.85. The zero-order chi connectivity index (χ0) is 23.6. The summed E-state index contributed by atoms with van der Waals surface area (Å²) in [4.78, 5) is 34.2. The lowest BCUT2D eigenvalue weighted by Crippen LogP contribution is -2.25. The summed E-state index contributed by atoms with van der Waals surface area (Å²) in [5.41, 5.74) is 0.313. The highest BCUT2D eigenvalue weighted by molar-refractivity contribution is 7.99. The van der Waals surface area contributed by atoms with Gasteiger partial charge in [0.2, 0.25) is 5.95 Å². The van der Waals surface area contributed by atoms with Crippen LogP contribution in [0, 0.1) is 6.92 Å². The molecule has 0 aliphatic rings. The number of hydrogen-bond acceptors (Lipinski definition) is 7. The van der Waals surface area contributed by atoms with Gasteiger partial charge >= 0.3 is 0 Å². The van der Waals surface area contributed by atoms with Crippen LogP contribution in [-0.4, -0.2) is 34.1 Å². The molecular weight excluding hydrogens is 486 g/mol. The average Bonchev–Trinajstić information content (AvgIpc) is 3.08. The van der Waals surface area contributed by atoms with Gasteiger partial charge in [0, 0.05) is 33.6 Å².